The van der Waals surface area contributed by atoms with Gasteiger partial charge < -0.3 is 9.80 Å². The van der Waals surface area contributed by atoms with Crippen LogP contribution in [0.5, 0.6) is 0 Å². The number of amides is 1. The first-order valence-corrected chi connectivity index (χ1v) is 9.17. The summed E-state index contributed by atoms with van der Waals surface area (Å²) in [5, 5.41) is 12.7. The molecule has 0 saturated carbocycles. The van der Waals surface area contributed by atoms with E-state index in [0.29, 0.717) is 18.5 Å². The normalized spacial score (nSPS) is 38.0. The lowest BCUT2D eigenvalue weighted by atomic mass is 9.89. The minimum atomic E-state index is -0.146. The van der Waals surface area contributed by atoms with Crippen LogP contribution in [-0.4, -0.2) is 84.7 Å². The Morgan fingerprint density at radius 3 is 2.71 bits per heavy atom. The summed E-state index contributed by atoms with van der Waals surface area (Å²) in [5.41, 5.74) is 6.58. The maximum Gasteiger partial charge on any atom is 0.243 e. The van der Waals surface area contributed by atoms with Gasteiger partial charge in [0.05, 0.1) is 12.7 Å². The molecule has 4 aliphatic heterocycles. The predicted molar refractivity (Wildman–Crippen MR) is 88.3 cm³/mol. The van der Waals surface area contributed by atoms with Crippen LogP contribution in [0.2, 0.25) is 0 Å². The summed E-state index contributed by atoms with van der Waals surface area (Å²) in [6.07, 6.45) is 5.70. The van der Waals surface area contributed by atoms with Crippen molar-refractivity contribution in [3.63, 3.8) is 0 Å². The lowest BCUT2D eigenvalue weighted by Gasteiger charge is -2.48. The highest BCUT2D eigenvalue weighted by molar-refractivity contribution is 5.83. The fourth-order valence-corrected chi connectivity index (χ4v) is 4.59. The zero-order valence-corrected chi connectivity index (χ0v) is 14.1. The molecule has 0 bridgehead atoms. The van der Waals surface area contributed by atoms with E-state index in [-0.39, 0.29) is 18.1 Å². The van der Waals surface area contributed by atoms with E-state index in [9.17, 15) is 4.79 Å². The molecule has 0 spiro atoms. The molecule has 8 heteroatoms. The summed E-state index contributed by atoms with van der Waals surface area (Å²) in [4.78, 5) is 18.9. The number of rotatable bonds is 2. The fourth-order valence-electron chi connectivity index (χ4n) is 4.59. The van der Waals surface area contributed by atoms with Crippen LogP contribution in [0.15, 0.2) is 0 Å². The summed E-state index contributed by atoms with van der Waals surface area (Å²) in [5.74, 6) is 0.828. The van der Waals surface area contributed by atoms with Crippen molar-refractivity contribution in [1.82, 2.24) is 30.9 Å². The topological polar surface area (TPSA) is 86.7 Å². The van der Waals surface area contributed by atoms with E-state index in [4.69, 9.17) is 5.26 Å². The Kier molecular flexibility index (Phi) is 4.59. The van der Waals surface area contributed by atoms with Gasteiger partial charge in [-0.05, 0) is 25.2 Å². The molecule has 4 fully saturated rings. The van der Waals surface area contributed by atoms with Crippen molar-refractivity contribution in [1.29, 1.82) is 5.26 Å². The summed E-state index contributed by atoms with van der Waals surface area (Å²) < 4.78 is 0. The maximum atomic E-state index is 12.9. The third-order valence-corrected chi connectivity index (χ3v) is 6.07. The van der Waals surface area contributed by atoms with Crippen molar-refractivity contribution in [3.8, 4) is 6.19 Å². The third kappa shape index (κ3) is 2.97. The molecular weight excluding hydrogens is 306 g/mol. The van der Waals surface area contributed by atoms with Crippen molar-refractivity contribution >= 4 is 5.91 Å². The molecule has 4 saturated heterocycles. The number of nitriles is 1. The quantitative estimate of drug-likeness (QED) is 0.530. The van der Waals surface area contributed by atoms with E-state index >= 15 is 0 Å². The van der Waals surface area contributed by atoms with Crippen LogP contribution in [0, 0.1) is 17.4 Å². The van der Waals surface area contributed by atoms with Gasteiger partial charge in [0.1, 0.15) is 6.04 Å². The smallest absolute Gasteiger partial charge is 0.243 e. The SMILES string of the molecule is N#CN1CCN2CCN(C3CCC(C4CCNN4)CN3)C(=O)[C@H]2C1. The summed E-state index contributed by atoms with van der Waals surface area (Å²) in [6, 6.07) is 0.404. The number of carbonyl (C=O) groups is 1. The number of nitrogens with one attached hydrogen (secondary N) is 3. The molecule has 0 aromatic carbocycles. The molecule has 4 aliphatic rings. The van der Waals surface area contributed by atoms with Gasteiger partial charge in [-0.25, -0.2) is 0 Å². The first-order valence-electron chi connectivity index (χ1n) is 9.17. The van der Waals surface area contributed by atoms with E-state index < -0.39 is 0 Å². The van der Waals surface area contributed by atoms with Crippen LogP contribution >= 0.6 is 0 Å². The monoisotopic (exact) mass is 333 g/mol. The first kappa shape index (κ1) is 16.1. The second kappa shape index (κ2) is 6.84. The highest BCUT2D eigenvalue weighted by atomic mass is 16.2. The predicted octanol–water partition coefficient (Wildman–Crippen LogP) is -1.51. The Morgan fingerprint density at radius 2 is 2.00 bits per heavy atom. The minimum absolute atomic E-state index is 0.146. The number of hydrazine groups is 1. The van der Waals surface area contributed by atoms with Crippen molar-refractivity contribution in [3.05, 3.63) is 0 Å². The molecule has 4 heterocycles. The van der Waals surface area contributed by atoms with Gasteiger partial charge in [0.25, 0.3) is 0 Å². The molecule has 4 rings (SSSR count). The van der Waals surface area contributed by atoms with Gasteiger partial charge in [-0.15, -0.1) is 0 Å². The van der Waals surface area contributed by atoms with Crippen molar-refractivity contribution < 1.29 is 4.79 Å². The first-order chi connectivity index (χ1) is 11.8. The summed E-state index contributed by atoms with van der Waals surface area (Å²) in [6.45, 7) is 5.83. The molecule has 132 valence electrons. The van der Waals surface area contributed by atoms with E-state index in [1.54, 1.807) is 4.90 Å². The number of carbonyl (C=O) groups excluding carboxylic acids is 1. The van der Waals surface area contributed by atoms with E-state index in [1.165, 1.54) is 6.42 Å². The Hall–Kier alpha value is -1.40. The Balaban J connectivity index is 1.35. The molecule has 0 aliphatic carbocycles. The molecule has 4 atom stereocenters. The van der Waals surface area contributed by atoms with Crippen molar-refractivity contribution in [2.45, 2.75) is 37.5 Å². The average Bonchev–Trinajstić information content (AvgIpc) is 3.17. The Labute approximate surface area is 143 Å². The highest BCUT2D eigenvalue weighted by Crippen LogP contribution is 2.25. The van der Waals surface area contributed by atoms with Gasteiger partial charge in [0, 0.05) is 45.3 Å². The number of hydrogen-bond acceptors (Lipinski definition) is 7. The number of nitrogens with zero attached hydrogens (tertiary/aromatic N) is 4. The largest absolute Gasteiger partial charge is 0.324 e. The van der Waals surface area contributed by atoms with E-state index in [0.717, 1.165) is 52.1 Å². The Bertz CT molecular complexity index is 507. The molecular formula is C16H27N7O. The van der Waals surface area contributed by atoms with E-state index in [2.05, 4.69) is 27.3 Å². The van der Waals surface area contributed by atoms with Crippen LogP contribution < -0.4 is 16.2 Å². The van der Waals surface area contributed by atoms with Gasteiger partial charge in [0.15, 0.2) is 6.19 Å². The molecule has 0 aromatic heterocycles. The lowest BCUT2D eigenvalue weighted by Crippen LogP contribution is -2.68. The molecule has 0 aromatic rings. The second-order valence-electron chi connectivity index (χ2n) is 7.36. The van der Waals surface area contributed by atoms with Gasteiger partial charge in [0.2, 0.25) is 5.91 Å². The number of piperazine rings is 2. The van der Waals surface area contributed by atoms with Crippen LogP contribution in [-0.2, 0) is 4.79 Å². The number of fused-ring (bicyclic) bond motifs is 1. The second-order valence-corrected chi connectivity index (χ2v) is 7.36. The molecule has 1 amide bonds. The highest BCUT2D eigenvalue weighted by Gasteiger charge is 2.42. The zero-order valence-electron chi connectivity index (χ0n) is 14.1. The zero-order chi connectivity index (χ0) is 16.5. The minimum Gasteiger partial charge on any atom is -0.324 e. The number of piperidine rings is 1. The van der Waals surface area contributed by atoms with Crippen molar-refractivity contribution in [2.24, 2.45) is 5.92 Å². The van der Waals surface area contributed by atoms with Crippen molar-refractivity contribution in [2.75, 3.05) is 45.8 Å². The van der Waals surface area contributed by atoms with Gasteiger partial charge in [-0.3, -0.25) is 25.9 Å². The van der Waals surface area contributed by atoms with Crippen LogP contribution in [0.25, 0.3) is 0 Å². The van der Waals surface area contributed by atoms with Crippen LogP contribution in [0.3, 0.4) is 0 Å². The molecule has 3 unspecified atom stereocenters. The third-order valence-electron chi connectivity index (χ3n) is 6.07. The van der Waals surface area contributed by atoms with Gasteiger partial charge in [-0.1, -0.05) is 0 Å². The summed E-state index contributed by atoms with van der Waals surface area (Å²) in [7, 11) is 0. The maximum absolute atomic E-state index is 12.9. The summed E-state index contributed by atoms with van der Waals surface area (Å²) >= 11 is 0. The molecule has 0 radical (unpaired) electrons. The number of hydrogen-bond donors (Lipinski definition) is 3. The molecule has 3 N–H and O–H groups in total. The standard InChI is InChI=1S/C16H27N7O/c17-11-21-5-6-22-7-8-23(16(24)14(22)10-21)15-2-1-12(9-18-15)13-3-4-19-20-13/h12-15,18-20H,1-10H2/t12?,13?,14-,15?/m1/s1. The van der Waals surface area contributed by atoms with E-state index in [1.807, 2.05) is 4.90 Å². The van der Waals surface area contributed by atoms with Crippen LogP contribution in [0.4, 0.5) is 0 Å². The van der Waals surface area contributed by atoms with Gasteiger partial charge >= 0.3 is 0 Å². The molecule has 8 nitrogen and oxygen atoms in total. The fraction of sp³-hybridized carbons (Fsp3) is 0.875. The van der Waals surface area contributed by atoms with Crippen LogP contribution in [0.1, 0.15) is 19.3 Å². The lowest BCUT2D eigenvalue weighted by molar-refractivity contribution is -0.149. The average molecular weight is 333 g/mol. The molecule has 24 heavy (non-hydrogen) atoms. The Morgan fingerprint density at radius 1 is 1.12 bits per heavy atom. The van der Waals surface area contributed by atoms with Gasteiger partial charge in [-0.2, -0.15) is 5.26 Å².